The second kappa shape index (κ2) is 9.16. The van der Waals surface area contributed by atoms with E-state index in [0.717, 1.165) is 17.8 Å². The molecule has 0 N–H and O–H groups in total. The van der Waals surface area contributed by atoms with Crippen LogP contribution in [0.5, 0.6) is 0 Å². The average Bonchev–Trinajstić information content (AvgIpc) is 3.32. The third-order valence-corrected chi connectivity index (χ3v) is 17.8. The van der Waals surface area contributed by atoms with Crippen molar-refractivity contribution in [1.29, 1.82) is 0 Å². The lowest BCUT2D eigenvalue weighted by Gasteiger charge is -2.51. The zero-order valence-electron chi connectivity index (χ0n) is 21.0. The standard InChI is InChI=1S/C23H37ClN4O3Si2/c1-14(2)32(15(3)4)29-11-18-9-19(28-13-27-21-22(24)25-12-26-23(21)28)10-20(18)30-33(31-32,16(5)6)17(7)8/h10,12-18,20H,9,11H2,1-8H3/t18-,20+/m1/s1. The quantitative estimate of drug-likeness (QED) is 0.348. The number of hydrogen-bond donors (Lipinski definition) is 0. The van der Waals surface area contributed by atoms with E-state index in [1.807, 2.05) is 4.57 Å². The summed E-state index contributed by atoms with van der Waals surface area (Å²) in [5.74, 6) is 0.229. The van der Waals surface area contributed by atoms with Gasteiger partial charge in [0, 0.05) is 18.2 Å². The Morgan fingerprint density at radius 3 is 2.18 bits per heavy atom. The van der Waals surface area contributed by atoms with Gasteiger partial charge >= 0.3 is 17.1 Å². The van der Waals surface area contributed by atoms with Crippen molar-refractivity contribution in [3.05, 3.63) is 23.9 Å². The minimum absolute atomic E-state index is 0.0578. The first-order valence-corrected chi connectivity index (χ1v) is 16.4. The van der Waals surface area contributed by atoms with E-state index in [9.17, 15) is 0 Å². The van der Waals surface area contributed by atoms with Gasteiger partial charge in [0.1, 0.15) is 18.2 Å². The smallest absolute Gasteiger partial charge is 0.335 e. The van der Waals surface area contributed by atoms with Crippen LogP contribution in [-0.4, -0.2) is 49.4 Å². The Kier molecular flexibility index (Phi) is 6.94. The molecule has 182 valence electrons. The number of aromatic nitrogens is 4. The SMILES string of the molecule is CC(C)[Si]1(C(C)C)OC[C@H]2CC(n3cnc4c(Cl)ncnc43)=C[C@@H]2O[Si](C(C)C)(C(C)C)O1. The van der Waals surface area contributed by atoms with E-state index in [-0.39, 0.29) is 12.0 Å². The molecule has 2 aliphatic rings. The minimum atomic E-state index is -2.62. The predicted octanol–water partition coefficient (Wildman–Crippen LogP) is 6.30. The maximum atomic E-state index is 7.28. The van der Waals surface area contributed by atoms with Gasteiger partial charge in [-0.25, -0.2) is 15.0 Å². The molecule has 1 fully saturated rings. The van der Waals surface area contributed by atoms with Crippen LogP contribution in [0.4, 0.5) is 0 Å². The van der Waals surface area contributed by atoms with E-state index in [2.05, 4.69) is 76.4 Å². The third kappa shape index (κ3) is 4.14. The molecular formula is C23H37ClN4O3Si2. The molecule has 2 aromatic heterocycles. The van der Waals surface area contributed by atoms with Crippen molar-refractivity contribution in [3.63, 3.8) is 0 Å². The van der Waals surface area contributed by atoms with Gasteiger partial charge in [0.15, 0.2) is 10.8 Å². The van der Waals surface area contributed by atoms with Crippen molar-refractivity contribution in [3.8, 4) is 0 Å². The number of halogens is 1. The van der Waals surface area contributed by atoms with Crippen LogP contribution >= 0.6 is 11.6 Å². The molecule has 33 heavy (non-hydrogen) atoms. The van der Waals surface area contributed by atoms with E-state index < -0.39 is 17.1 Å². The number of allylic oxidation sites excluding steroid dienone is 1. The largest absolute Gasteiger partial charge is 0.414 e. The number of fused-ring (bicyclic) bond motifs is 2. The van der Waals surface area contributed by atoms with E-state index in [4.69, 9.17) is 24.6 Å². The van der Waals surface area contributed by atoms with E-state index in [1.54, 1.807) is 6.33 Å². The lowest BCUT2D eigenvalue weighted by molar-refractivity contribution is 0.0513. The van der Waals surface area contributed by atoms with Crippen LogP contribution in [0.1, 0.15) is 61.8 Å². The summed E-state index contributed by atoms with van der Waals surface area (Å²) in [6.45, 7) is 18.7. The molecule has 0 saturated carbocycles. The first-order valence-electron chi connectivity index (χ1n) is 12.1. The van der Waals surface area contributed by atoms with Crippen molar-refractivity contribution >= 4 is 45.6 Å². The second-order valence-electron chi connectivity index (χ2n) is 10.6. The van der Waals surface area contributed by atoms with Crippen LogP contribution in [0.15, 0.2) is 18.7 Å². The highest BCUT2D eigenvalue weighted by Crippen LogP contribution is 2.48. The fraction of sp³-hybridized carbons (Fsp3) is 0.696. The van der Waals surface area contributed by atoms with Gasteiger partial charge in [0.2, 0.25) is 0 Å². The zero-order chi connectivity index (χ0) is 24.1. The molecule has 0 spiro atoms. The van der Waals surface area contributed by atoms with Crippen LogP contribution in [-0.2, 0) is 13.0 Å². The maximum Gasteiger partial charge on any atom is 0.335 e. The van der Waals surface area contributed by atoms with Gasteiger partial charge in [-0.1, -0.05) is 67.0 Å². The van der Waals surface area contributed by atoms with Crippen LogP contribution in [0.3, 0.4) is 0 Å². The molecule has 1 aliphatic heterocycles. The third-order valence-electron chi connectivity index (χ3n) is 7.27. The molecule has 0 radical (unpaired) electrons. The highest BCUT2D eigenvalue weighted by Gasteiger charge is 2.59. The van der Waals surface area contributed by atoms with Gasteiger partial charge < -0.3 is 13.0 Å². The normalized spacial score (nSPS) is 25.1. The van der Waals surface area contributed by atoms with E-state index in [1.165, 1.54) is 6.33 Å². The molecule has 0 bridgehead atoms. The fourth-order valence-electron chi connectivity index (χ4n) is 5.42. The molecule has 4 rings (SSSR count). The van der Waals surface area contributed by atoms with Crippen LogP contribution in [0.2, 0.25) is 27.3 Å². The maximum absolute atomic E-state index is 7.28. The van der Waals surface area contributed by atoms with Crippen molar-refractivity contribution < 1.29 is 13.0 Å². The van der Waals surface area contributed by atoms with Crippen molar-refractivity contribution in [2.75, 3.05) is 6.61 Å². The van der Waals surface area contributed by atoms with Crippen molar-refractivity contribution in [2.24, 2.45) is 5.92 Å². The highest BCUT2D eigenvalue weighted by molar-refractivity contribution is 6.84. The summed E-state index contributed by atoms with van der Waals surface area (Å²) in [6.07, 6.45) is 6.26. The molecule has 1 saturated heterocycles. The summed E-state index contributed by atoms with van der Waals surface area (Å²) in [7, 11) is -5.15. The Morgan fingerprint density at radius 1 is 0.939 bits per heavy atom. The average molecular weight is 509 g/mol. The first-order chi connectivity index (χ1) is 15.5. The summed E-state index contributed by atoms with van der Waals surface area (Å²) in [5, 5.41) is 0.368. The molecule has 0 unspecified atom stereocenters. The van der Waals surface area contributed by atoms with Gasteiger partial charge in [0.25, 0.3) is 0 Å². The summed E-state index contributed by atoms with van der Waals surface area (Å²) in [6, 6.07) is 0. The van der Waals surface area contributed by atoms with Gasteiger partial charge in [-0.15, -0.1) is 0 Å². The summed E-state index contributed by atoms with van der Waals surface area (Å²) >= 11 is 6.24. The summed E-state index contributed by atoms with van der Waals surface area (Å²) < 4.78 is 23.3. The van der Waals surface area contributed by atoms with Crippen LogP contribution in [0.25, 0.3) is 16.9 Å². The van der Waals surface area contributed by atoms with Crippen LogP contribution in [0, 0.1) is 5.92 Å². The Balaban J connectivity index is 1.77. The van der Waals surface area contributed by atoms with E-state index >= 15 is 0 Å². The second-order valence-corrected chi connectivity index (χ2v) is 19.8. The monoisotopic (exact) mass is 508 g/mol. The van der Waals surface area contributed by atoms with E-state index in [0.29, 0.717) is 39.4 Å². The van der Waals surface area contributed by atoms with Gasteiger partial charge in [-0.3, -0.25) is 4.57 Å². The molecular weight excluding hydrogens is 472 g/mol. The lowest BCUT2D eigenvalue weighted by Crippen LogP contribution is -2.64. The highest BCUT2D eigenvalue weighted by atomic mass is 35.5. The molecule has 10 heteroatoms. The minimum Gasteiger partial charge on any atom is -0.414 e. The topological polar surface area (TPSA) is 71.3 Å². The van der Waals surface area contributed by atoms with Gasteiger partial charge in [-0.2, -0.15) is 0 Å². The molecule has 7 nitrogen and oxygen atoms in total. The van der Waals surface area contributed by atoms with Crippen LogP contribution < -0.4 is 0 Å². The molecule has 2 aromatic rings. The Morgan fingerprint density at radius 2 is 1.58 bits per heavy atom. The molecule has 0 aromatic carbocycles. The molecule has 2 atom stereocenters. The fourth-order valence-corrected chi connectivity index (χ4v) is 16.8. The number of rotatable bonds is 5. The molecule has 0 amide bonds. The number of nitrogens with zero attached hydrogens (tertiary/aromatic N) is 4. The van der Waals surface area contributed by atoms with Crippen molar-refractivity contribution in [2.45, 2.75) is 90.1 Å². The summed E-state index contributed by atoms with van der Waals surface area (Å²) in [4.78, 5) is 13.0. The molecule has 1 aliphatic carbocycles. The molecule has 3 heterocycles. The summed E-state index contributed by atoms with van der Waals surface area (Å²) in [5.41, 5.74) is 3.75. The zero-order valence-corrected chi connectivity index (χ0v) is 23.8. The van der Waals surface area contributed by atoms with Crippen molar-refractivity contribution in [1.82, 2.24) is 19.5 Å². The Labute approximate surface area is 204 Å². The predicted molar refractivity (Wildman–Crippen MR) is 137 cm³/mol. The van der Waals surface area contributed by atoms with Gasteiger partial charge in [0.05, 0.1) is 6.10 Å². The lowest BCUT2D eigenvalue weighted by atomic mass is 10.1. The number of hydrogen-bond acceptors (Lipinski definition) is 6. The first kappa shape index (κ1) is 25.0. The number of imidazole rings is 1. The Hall–Kier alpha value is -1.11. The Bertz CT molecular complexity index is 1020. The van der Waals surface area contributed by atoms with Gasteiger partial charge in [-0.05, 0) is 34.7 Å².